The lowest BCUT2D eigenvalue weighted by atomic mass is 9.79. The topological polar surface area (TPSA) is 334 Å². The summed E-state index contributed by atoms with van der Waals surface area (Å²) in [6.45, 7) is 22.6. The maximum atomic E-state index is 14.5. The second-order valence-corrected chi connectivity index (χ2v) is 43.6. The van der Waals surface area contributed by atoms with Crippen molar-refractivity contribution in [3.63, 3.8) is 0 Å². The molecule has 15 rings (SSSR count). The normalized spacial score (nSPS) is 16.0. The molecular weight excluding hydrogens is 1910 g/mol. The molecule has 6 N–H and O–H groups in total. The van der Waals surface area contributed by atoms with E-state index < -0.39 is 71.5 Å². The summed E-state index contributed by atoms with van der Waals surface area (Å²) >= 11 is 0. The van der Waals surface area contributed by atoms with Crippen LogP contribution in [-0.4, -0.2) is 229 Å². The van der Waals surface area contributed by atoms with Crippen molar-refractivity contribution in [3.8, 4) is 11.5 Å². The highest BCUT2D eigenvalue weighted by atomic mass is 31.2. The molecule has 2 saturated carbocycles. The molecule has 2 aliphatic carbocycles. The molecule has 0 spiro atoms. The largest absolute Gasteiger partial charge is 0.496 e. The fourth-order valence-corrected chi connectivity index (χ4v) is 21.7. The first-order chi connectivity index (χ1) is 71.7. The number of anilines is 2. The number of carbonyl (C=O) groups excluding carboxylic acids is 8. The van der Waals surface area contributed by atoms with Gasteiger partial charge in [-0.1, -0.05) is 316 Å². The molecule has 2 heterocycles. The van der Waals surface area contributed by atoms with Crippen molar-refractivity contribution in [1.82, 2.24) is 9.80 Å². The smallest absolute Gasteiger partial charge is 0.236 e. The Morgan fingerprint density at radius 2 is 0.747 bits per heavy atom. The molecule has 2 saturated heterocycles. The number of ether oxygens (including phenoxy) is 5. The monoisotopic (exact) mass is 2070 g/mol. The maximum absolute atomic E-state index is 14.5. The molecular formula is C125H157N4O20P. The predicted octanol–water partition coefficient (Wildman–Crippen LogP) is 21.9. The van der Waals surface area contributed by atoms with E-state index in [4.69, 9.17) is 23.7 Å². The van der Waals surface area contributed by atoms with Crippen molar-refractivity contribution in [2.45, 2.75) is 205 Å². The van der Waals surface area contributed by atoms with E-state index in [1.54, 1.807) is 109 Å². The third-order valence-electron chi connectivity index (χ3n) is 29.2. The Morgan fingerprint density at radius 3 is 1.08 bits per heavy atom. The molecule has 0 aromatic heterocycles. The van der Waals surface area contributed by atoms with Gasteiger partial charge in [0.2, 0.25) is 24.0 Å². The number of nitrogens with zero attached hydrogens (tertiary/aromatic N) is 4. The van der Waals surface area contributed by atoms with E-state index >= 15 is 0 Å². The third-order valence-corrected chi connectivity index (χ3v) is 31.9. The molecule has 802 valence electrons. The third kappa shape index (κ3) is 32.0. The molecule has 5 unspecified atom stereocenters. The molecule has 5 atom stereocenters. The minimum atomic E-state index is -4.29. The summed E-state index contributed by atoms with van der Waals surface area (Å²) in [6.07, 6.45) is 11.7. The zero-order valence-corrected chi connectivity index (χ0v) is 91.4. The van der Waals surface area contributed by atoms with Gasteiger partial charge in [0.1, 0.15) is 33.9 Å². The fourth-order valence-electron chi connectivity index (χ4n) is 19.1. The molecule has 11 aromatic rings. The van der Waals surface area contributed by atoms with Gasteiger partial charge in [-0.2, -0.15) is 0 Å². The van der Waals surface area contributed by atoms with E-state index in [0.29, 0.717) is 72.8 Å². The van der Waals surface area contributed by atoms with Crippen LogP contribution < -0.4 is 19.3 Å². The van der Waals surface area contributed by atoms with Gasteiger partial charge in [0.05, 0.1) is 71.5 Å². The van der Waals surface area contributed by atoms with Gasteiger partial charge >= 0.3 is 0 Å². The molecule has 150 heavy (non-hydrogen) atoms. The lowest BCUT2D eigenvalue weighted by molar-refractivity contribution is -0.0341. The molecule has 24 nitrogen and oxygen atoms in total. The van der Waals surface area contributed by atoms with E-state index in [2.05, 4.69) is 101 Å². The Morgan fingerprint density at radius 1 is 0.413 bits per heavy atom. The number of hydrogen-bond donors (Lipinski definition) is 6. The number of ketones is 6. The summed E-state index contributed by atoms with van der Waals surface area (Å²) in [7, 11) is 7.94. The second-order valence-electron chi connectivity index (χ2n) is 40.8. The Kier molecular flexibility index (Phi) is 46.8. The van der Waals surface area contributed by atoms with Gasteiger partial charge in [-0.05, 0) is 207 Å². The lowest BCUT2D eigenvalue weighted by Crippen LogP contribution is -2.52. The van der Waals surface area contributed by atoms with Crippen LogP contribution in [-0.2, 0) is 50.4 Å². The Bertz CT molecular complexity index is 5930. The zero-order chi connectivity index (χ0) is 109. The van der Waals surface area contributed by atoms with Crippen LogP contribution in [0.15, 0.2) is 291 Å². The average Bonchev–Trinajstić information content (AvgIpc) is 0.753. The van der Waals surface area contributed by atoms with Gasteiger partial charge < -0.3 is 68.7 Å². The zero-order valence-electron chi connectivity index (χ0n) is 90.5. The first-order valence-electron chi connectivity index (χ1n) is 52.1. The molecule has 0 amide bonds. The van der Waals surface area contributed by atoms with Crippen LogP contribution in [0.1, 0.15) is 255 Å². The number of rotatable bonds is 36. The van der Waals surface area contributed by atoms with Crippen LogP contribution in [0.3, 0.4) is 0 Å². The molecule has 2 aliphatic heterocycles. The lowest BCUT2D eigenvalue weighted by Gasteiger charge is -2.38. The SMILES string of the molecule is CC(C)(O)C(=O)c1ccccc1.CCC(Cc1ccc(C)cc1)(C(=O)c1ccc(N2CCOCC2)cc1)N(C)C.CCC(Cc1ccccc1)(C(=O)c1ccc(N2CCOCC2)cc1)N(C)C.COC(CO)(C(=O)c1ccccc1)c1ccccc1.COc1cccc(OC)c1C(=O)P(=O)(CCC(C)C(C)(C)C)C(=O)c1c(CO)cccc1CO.O=C(c1ccccc1)C1(O)CCCCC1.O=C(c1ccccc1)C1(O)CCCCC1. The van der Waals surface area contributed by atoms with Crippen LogP contribution in [0, 0.1) is 18.3 Å². The van der Waals surface area contributed by atoms with Crippen molar-refractivity contribution < 1.29 is 97.2 Å². The number of morpholine rings is 2. The van der Waals surface area contributed by atoms with Gasteiger partial charge in [0.15, 0.2) is 34.5 Å². The standard InChI is InChI=1S/C26H35O7P.C24H32N2O2.C23H30N2O2.C16H16O3.2C13H16O2.C10H12O2/c1-17(26(2,3)4)13-14-34(31,24(29)22-18(15-27)9-7-10-19(22)16-28)25(30)23-20(32-5)11-8-12-21(23)33-6;1-5-24(25(3)4,18-20-8-6-19(2)7-9-20)23(27)21-10-12-22(13-11-21)26-14-16-28-17-15-26;1-4-23(24(2)3,18-19-8-6-5-7-9-19)22(26)20-10-12-21(13-11-20)25-14-16-27-17-15-25;1-19-16(12-17,14-10-6-3-7-11-14)15(18)13-8-4-2-5-9-13;2*14-12(11-7-3-1-4-8-11)13(15)9-5-2-6-10-13;1-10(2,12)9(11)8-6-4-3-5-7-8/h7-12,17,27-28H,13-16H2,1-6H3;6-13H,5,14-18H2,1-4H3;5-13H,4,14-18H2,1-3H3;2-11,17H,12H2,1H3;2*1,3-4,7-8,15H,2,5-6,9-10H2;3-7,12H,1-2H3. The number of aryl methyl sites for hydroxylation is 1. The number of Topliss-reactive ketones (excluding diaryl/α,β-unsaturated/α-hetero) is 6. The van der Waals surface area contributed by atoms with E-state index in [-0.39, 0.29) is 85.9 Å². The van der Waals surface area contributed by atoms with Crippen LogP contribution in [0.2, 0.25) is 0 Å². The highest BCUT2D eigenvalue weighted by molar-refractivity contribution is 7.95. The van der Waals surface area contributed by atoms with E-state index in [9.17, 15) is 73.6 Å². The predicted molar refractivity (Wildman–Crippen MR) is 596 cm³/mol. The number of hydrogen-bond acceptors (Lipinski definition) is 24. The summed E-state index contributed by atoms with van der Waals surface area (Å²) < 4.78 is 41.5. The van der Waals surface area contributed by atoms with Crippen molar-refractivity contribution >= 4 is 64.3 Å². The molecule has 0 bridgehead atoms. The average molecular weight is 2070 g/mol. The van der Waals surface area contributed by atoms with Gasteiger partial charge in [-0.25, -0.2) is 0 Å². The number of likely N-dealkylation sites (N-methyl/N-ethyl adjacent to an activating group) is 2. The summed E-state index contributed by atoms with van der Waals surface area (Å²) in [5.74, 6) is 0.0315. The molecule has 4 fully saturated rings. The second kappa shape index (κ2) is 57.8. The molecule has 11 aromatic carbocycles. The summed E-state index contributed by atoms with van der Waals surface area (Å²) in [4.78, 5) is 112. The number of aliphatic hydroxyl groups is 6. The van der Waals surface area contributed by atoms with Gasteiger partial charge in [0.25, 0.3) is 0 Å². The van der Waals surface area contributed by atoms with Crippen molar-refractivity contribution in [2.75, 3.05) is 125 Å². The maximum Gasteiger partial charge on any atom is 0.236 e. The molecule has 25 heteroatoms. The van der Waals surface area contributed by atoms with Crippen LogP contribution >= 0.6 is 7.14 Å². The van der Waals surface area contributed by atoms with Gasteiger partial charge in [0, 0.05) is 89.8 Å². The number of methoxy groups -OCH3 is 3. The first kappa shape index (κ1) is 121. The molecule has 0 radical (unpaired) electrons. The summed E-state index contributed by atoms with van der Waals surface area (Å²) in [6, 6.07) is 89.2. The highest BCUT2D eigenvalue weighted by Gasteiger charge is 2.48. The fraction of sp³-hybridized carbons (Fsp3) is 0.408. The van der Waals surface area contributed by atoms with Crippen molar-refractivity contribution in [1.29, 1.82) is 0 Å². The summed E-state index contributed by atoms with van der Waals surface area (Å²) in [5.41, 5.74) is 2.98. The minimum Gasteiger partial charge on any atom is -0.496 e. The number of aliphatic hydroxyl groups excluding tert-OH is 3. The quantitative estimate of drug-likeness (QED) is 0.0157. The van der Waals surface area contributed by atoms with E-state index in [1.807, 2.05) is 165 Å². The van der Waals surface area contributed by atoms with Gasteiger partial charge in [-0.15, -0.1) is 0 Å². The van der Waals surface area contributed by atoms with Crippen LogP contribution in [0.4, 0.5) is 11.4 Å². The Hall–Kier alpha value is -12.2. The first-order valence-corrected chi connectivity index (χ1v) is 54.0. The minimum absolute atomic E-state index is 0.0559. The van der Waals surface area contributed by atoms with Crippen molar-refractivity contribution in [3.05, 3.63) is 369 Å². The van der Waals surface area contributed by atoms with E-state index in [1.165, 1.54) is 64.0 Å². The van der Waals surface area contributed by atoms with Gasteiger partial charge in [-0.3, -0.25) is 48.2 Å². The van der Waals surface area contributed by atoms with Crippen LogP contribution in [0.25, 0.3) is 0 Å². The number of carbonyl (C=O) groups is 8. The van der Waals surface area contributed by atoms with Crippen LogP contribution in [0.5, 0.6) is 11.5 Å². The van der Waals surface area contributed by atoms with Crippen molar-refractivity contribution in [2.24, 2.45) is 11.3 Å². The van der Waals surface area contributed by atoms with E-state index in [0.717, 1.165) is 126 Å². The highest BCUT2D eigenvalue weighted by Crippen LogP contribution is 2.57. The Balaban J connectivity index is 0.000000199. The summed E-state index contributed by atoms with van der Waals surface area (Å²) in [5, 5.41) is 59.3. The number of benzene rings is 11. The Labute approximate surface area is 887 Å². The molecule has 4 aliphatic rings.